The number of methoxy groups -OCH3 is 2. The maximum atomic E-state index is 13.5. The van der Waals surface area contributed by atoms with Gasteiger partial charge in [-0.2, -0.15) is 0 Å². The van der Waals surface area contributed by atoms with Crippen LogP contribution in [0.3, 0.4) is 0 Å². The topological polar surface area (TPSA) is 86.2 Å². The van der Waals surface area contributed by atoms with Crippen LogP contribution in [0.4, 0.5) is 0 Å². The monoisotopic (exact) mass is 409 g/mol. The zero-order valence-electron chi connectivity index (χ0n) is 16.1. The minimum atomic E-state index is -0.546. The number of H-pyrrole nitrogens is 1. The summed E-state index contributed by atoms with van der Waals surface area (Å²) in [5, 5.41) is 0.685. The molecule has 2 aromatic heterocycles. The van der Waals surface area contributed by atoms with Crippen LogP contribution in [0.5, 0.6) is 5.75 Å². The summed E-state index contributed by atoms with van der Waals surface area (Å²) in [6.07, 6.45) is 0. The third-order valence-electron chi connectivity index (χ3n) is 4.64. The molecule has 7 nitrogen and oxygen atoms in total. The van der Waals surface area contributed by atoms with Gasteiger partial charge in [0.05, 0.1) is 19.9 Å². The molecule has 4 aromatic rings. The Hall–Kier alpha value is -3.26. The van der Waals surface area contributed by atoms with E-state index in [1.165, 1.54) is 23.4 Å². The number of carbonyl (C=O) groups is 1. The lowest BCUT2D eigenvalue weighted by molar-refractivity contribution is -0.139. The van der Waals surface area contributed by atoms with Crippen molar-refractivity contribution in [1.82, 2.24) is 14.5 Å². The number of para-hydroxylation sites is 3. The lowest BCUT2D eigenvalue weighted by atomic mass is 10.2. The molecule has 0 bridgehead atoms. The Bertz CT molecular complexity index is 1280. The van der Waals surface area contributed by atoms with Gasteiger partial charge in [-0.15, -0.1) is 0 Å². The Morgan fingerprint density at radius 2 is 1.86 bits per heavy atom. The fraction of sp³-hybridized carbons (Fsp3) is 0.190. The van der Waals surface area contributed by atoms with E-state index in [0.29, 0.717) is 27.6 Å². The number of aromatic amines is 1. The van der Waals surface area contributed by atoms with Crippen LogP contribution in [0.2, 0.25) is 0 Å². The first-order valence-corrected chi connectivity index (χ1v) is 9.84. The molecule has 0 radical (unpaired) electrons. The van der Waals surface area contributed by atoms with E-state index in [-0.39, 0.29) is 5.56 Å². The van der Waals surface area contributed by atoms with Gasteiger partial charge in [-0.3, -0.25) is 9.59 Å². The van der Waals surface area contributed by atoms with Crippen LogP contribution in [0.15, 0.2) is 58.5 Å². The molecule has 1 N–H and O–H groups in total. The summed E-state index contributed by atoms with van der Waals surface area (Å²) in [6, 6.07) is 14.8. The summed E-state index contributed by atoms with van der Waals surface area (Å²) in [5.41, 5.74) is 2.06. The molecule has 0 fully saturated rings. The van der Waals surface area contributed by atoms with E-state index >= 15 is 0 Å². The molecule has 0 aliphatic carbocycles. The van der Waals surface area contributed by atoms with Crippen LogP contribution in [0.1, 0.15) is 6.92 Å². The maximum absolute atomic E-state index is 13.5. The molecule has 29 heavy (non-hydrogen) atoms. The van der Waals surface area contributed by atoms with E-state index in [1.54, 1.807) is 26.2 Å². The first-order chi connectivity index (χ1) is 14.0. The molecule has 2 aromatic carbocycles. The van der Waals surface area contributed by atoms with E-state index < -0.39 is 11.2 Å². The van der Waals surface area contributed by atoms with Crippen LogP contribution in [-0.2, 0) is 9.53 Å². The summed E-state index contributed by atoms with van der Waals surface area (Å²) in [6.45, 7) is 1.72. The number of rotatable bonds is 5. The van der Waals surface area contributed by atoms with Gasteiger partial charge in [0.2, 0.25) is 0 Å². The molecule has 0 amide bonds. The van der Waals surface area contributed by atoms with Crippen molar-refractivity contribution in [3.8, 4) is 11.4 Å². The zero-order chi connectivity index (χ0) is 20.5. The molecule has 0 saturated carbocycles. The molecule has 0 spiro atoms. The van der Waals surface area contributed by atoms with Gasteiger partial charge in [-0.1, -0.05) is 42.1 Å². The SMILES string of the molecule is COC(=O)[C@H](C)Sc1nc2c([nH]c3ccccc32)c(=O)n1-c1ccccc1OC. The van der Waals surface area contributed by atoms with Crippen LogP contribution in [0, 0.1) is 0 Å². The number of hydrogen-bond donors (Lipinski definition) is 1. The molecule has 0 aliphatic heterocycles. The quantitative estimate of drug-likeness (QED) is 0.308. The van der Waals surface area contributed by atoms with E-state index in [2.05, 4.69) is 4.98 Å². The number of benzene rings is 2. The molecule has 8 heteroatoms. The van der Waals surface area contributed by atoms with Crippen LogP contribution in [0.25, 0.3) is 27.6 Å². The van der Waals surface area contributed by atoms with E-state index in [4.69, 9.17) is 14.5 Å². The van der Waals surface area contributed by atoms with Crippen LogP contribution >= 0.6 is 11.8 Å². The number of hydrogen-bond acceptors (Lipinski definition) is 6. The molecule has 0 saturated heterocycles. The largest absolute Gasteiger partial charge is 0.495 e. The van der Waals surface area contributed by atoms with Crippen molar-refractivity contribution in [3.05, 3.63) is 58.9 Å². The predicted molar refractivity (Wildman–Crippen MR) is 113 cm³/mol. The Kier molecular flexibility index (Phi) is 5.02. The molecule has 0 aliphatic rings. The molecule has 0 unspecified atom stereocenters. The van der Waals surface area contributed by atoms with Gasteiger partial charge in [-0.25, -0.2) is 9.55 Å². The maximum Gasteiger partial charge on any atom is 0.318 e. The lowest BCUT2D eigenvalue weighted by Gasteiger charge is -2.16. The summed E-state index contributed by atoms with van der Waals surface area (Å²) >= 11 is 1.17. The first kappa shape index (κ1) is 19.1. The molecule has 4 rings (SSSR count). The third-order valence-corrected chi connectivity index (χ3v) is 5.67. The lowest BCUT2D eigenvalue weighted by Crippen LogP contribution is -2.24. The highest BCUT2D eigenvalue weighted by Gasteiger charge is 2.23. The average molecular weight is 409 g/mol. The third kappa shape index (κ3) is 3.25. The van der Waals surface area contributed by atoms with Crippen molar-refractivity contribution >= 4 is 39.7 Å². The molecule has 148 valence electrons. The molecular formula is C21H19N3O4S. The predicted octanol–water partition coefficient (Wildman–Crippen LogP) is 3.53. The summed E-state index contributed by atoms with van der Waals surface area (Å²) in [7, 11) is 2.88. The Morgan fingerprint density at radius 3 is 2.62 bits per heavy atom. The van der Waals surface area contributed by atoms with Crippen molar-refractivity contribution in [2.24, 2.45) is 0 Å². The second-order valence-corrected chi connectivity index (χ2v) is 7.69. The number of nitrogens with zero attached hydrogens (tertiary/aromatic N) is 2. The number of ether oxygens (including phenoxy) is 2. The summed E-state index contributed by atoms with van der Waals surface area (Å²) in [4.78, 5) is 33.5. The highest BCUT2D eigenvalue weighted by atomic mass is 32.2. The number of fused-ring (bicyclic) bond motifs is 3. The second kappa shape index (κ2) is 7.63. The van der Waals surface area contributed by atoms with Gasteiger partial charge in [-0.05, 0) is 25.1 Å². The molecular weight excluding hydrogens is 390 g/mol. The zero-order valence-corrected chi connectivity index (χ0v) is 16.9. The van der Waals surface area contributed by atoms with Gasteiger partial charge < -0.3 is 14.5 Å². The highest BCUT2D eigenvalue weighted by Crippen LogP contribution is 2.31. The fourth-order valence-electron chi connectivity index (χ4n) is 3.22. The molecule has 2 heterocycles. The second-order valence-electron chi connectivity index (χ2n) is 6.38. The van der Waals surface area contributed by atoms with Gasteiger partial charge in [0.15, 0.2) is 5.16 Å². The first-order valence-electron chi connectivity index (χ1n) is 8.96. The van der Waals surface area contributed by atoms with Crippen molar-refractivity contribution < 1.29 is 14.3 Å². The summed E-state index contributed by atoms with van der Waals surface area (Å²) in [5.74, 6) is 0.134. The average Bonchev–Trinajstić information content (AvgIpc) is 3.12. The Morgan fingerprint density at radius 1 is 1.14 bits per heavy atom. The number of thioether (sulfide) groups is 1. The number of aromatic nitrogens is 3. The van der Waals surface area contributed by atoms with Crippen molar-refractivity contribution in [2.45, 2.75) is 17.3 Å². The highest BCUT2D eigenvalue weighted by molar-refractivity contribution is 8.00. The minimum absolute atomic E-state index is 0.268. The normalized spacial score (nSPS) is 12.2. The Balaban J connectivity index is 2.04. The van der Waals surface area contributed by atoms with Crippen LogP contribution in [-0.4, -0.2) is 40.0 Å². The number of carbonyl (C=O) groups excluding carboxylic acids is 1. The number of esters is 1. The van der Waals surface area contributed by atoms with E-state index in [1.807, 2.05) is 36.4 Å². The van der Waals surface area contributed by atoms with Crippen LogP contribution < -0.4 is 10.3 Å². The van der Waals surface area contributed by atoms with Crippen molar-refractivity contribution in [1.29, 1.82) is 0 Å². The van der Waals surface area contributed by atoms with Gasteiger partial charge in [0.1, 0.15) is 22.0 Å². The summed E-state index contributed by atoms with van der Waals surface area (Å²) < 4.78 is 11.8. The molecule has 1 atom stereocenters. The fourth-order valence-corrected chi connectivity index (χ4v) is 4.16. The van der Waals surface area contributed by atoms with Crippen molar-refractivity contribution in [2.75, 3.05) is 14.2 Å². The van der Waals surface area contributed by atoms with E-state index in [9.17, 15) is 9.59 Å². The number of nitrogens with one attached hydrogen (secondary N) is 1. The standard InChI is InChI=1S/C21H19N3O4S/c1-12(20(26)28-3)29-21-23-17-13-8-4-5-9-14(13)22-18(17)19(25)24(21)15-10-6-7-11-16(15)27-2/h4-12,22H,1-3H3/t12-/m0/s1. The van der Waals surface area contributed by atoms with Gasteiger partial charge in [0.25, 0.3) is 5.56 Å². The van der Waals surface area contributed by atoms with Gasteiger partial charge in [0, 0.05) is 10.9 Å². The minimum Gasteiger partial charge on any atom is -0.495 e. The smallest absolute Gasteiger partial charge is 0.318 e. The van der Waals surface area contributed by atoms with Crippen molar-refractivity contribution in [3.63, 3.8) is 0 Å². The van der Waals surface area contributed by atoms with E-state index in [0.717, 1.165) is 10.9 Å². The Labute approximate surface area is 170 Å². The van der Waals surface area contributed by atoms with Gasteiger partial charge >= 0.3 is 5.97 Å².